The first kappa shape index (κ1) is 24.6. The van der Waals surface area contributed by atoms with Crippen LogP contribution < -0.4 is 15.0 Å². The number of nitrogens with zero attached hydrogens (tertiary/aromatic N) is 2. The van der Waals surface area contributed by atoms with Crippen LogP contribution in [0.2, 0.25) is 5.02 Å². The van der Waals surface area contributed by atoms with Crippen LogP contribution in [0.1, 0.15) is 48.9 Å². The van der Waals surface area contributed by atoms with Crippen LogP contribution in [0.4, 0.5) is 5.69 Å². The number of amides is 2. The van der Waals surface area contributed by atoms with Crippen LogP contribution in [-0.4, -0.2) is 56.0 Å². The number of piperidine rings is 1. The van der Waals surface area contributed by atoms with Gasteiger partial charge in [0.2, 0.25) is 5.91 Å². The summed E-state index contributed by atoms with van der Waals surface area (Å²) >= 11 is 6.40. The summed E-state index contributed by atoms with van der Waals surface area (Å²) in [4.78, 5) is 30.3. The van der Waals surface area contributed by atoms with E-state index in [4.69, 9.17) is 16.3 Å². The Morgan fingerprint density at radius 3 is 2.35 bits per heavy atom. The number of anilines is 1. The molecular weight excluding hydrogens is 450 g/mol. The molecule has 182 valence electrons. The molecule has 2 amide bonds. The van der Waals surface area contributed by atoms with Gasteiger partial charge >= 0.3 is 0 Å². The molecule has 4 rings (SSSR count). The van der Waals surface area contributed by atoms with Crippen molar-refractivity contribution in [1.82, 2.24) is 10.2 Å². The molecule has 0 unspecified atom stereocenters. The fraction of sp³-hybridized carbons (Fsp3) is 0.481. The third kappa shape index (κ3) is 6.10. The van der Waals surface area contributed by atoms with E-state index in [1.807, 2.05) is 6.07 Å². The predicted molar refractivity (Wildman–Crippen MR) is 136 cm³/mol. The fourth-order valence-electron chi connectivity index (χ4n) is 5.08. The molecule has 1 saturated heterocycles. The number of ether oxygens (including phenoxy) is 1. The molecule has 6 nitrogen and oxygen atoms in total. The van der Waals surface area contributed by atoms with E-state index in [1.54, 1.807) is 49.6 Å². The van der Waals surface area contributed by atoms with Gasteiger partial charge in [-0.25, -0.2) is 0 Å². The summed E-state index contributed by atoms with van der Waals surface area (Å²) in [5.41, 5.74) is 0.984. The standard InChI is InChI=1S/C27H34ClN3O3/c1-34-23-12-10-21(11-13-23)27(33)31(25-9-5-4-8-24(25)28)19-26(32)29-18-20-14-16-30(17-15-20)22-6-2-3-7-22/h4-5,8-13,20,22H,2-3,6-7,14-19H2,1H3,(H,29,32). The number of hydrogen-bond donors (Lipinski definition) is 1. The third-order valence-corrected chi connectivity index (χ3v) is 7.42. The Morgan fingerprint density at radius 2 is 1.71 bits per heavy atom. The maximum atomic E-state index is 13.3. The van der Waals surface area contributed by atoms with Gasteiger partial charge in [0.05, 0.1) is 17.8 Å². The number of halogens is 1. The molecule has 1 aliphatic heterocycles. The number of likely N-dealkylation sites (tertiary alicyclic amines) is 1. The van der Waals surface area contributed by atoms with Crippen molar-refractivity contribution in [3.8, 4) is 5.75 Å². The van der Waals surface area contributed by atoms with Crippen LogP contribution in [0.25, 0.3) is 0 Å². The summed E-state index contributed by atoms with van der Waals surface area (Å²) in [6, 6.07) is 14.7. The van der Waals surface area contributed by atoms with Gasteiger partial charge in [0.15, 0.2) is 0 Å². The SMILES string of the molecule is COc1ccc(C(=O)N(CC(=O)NCC2CCN(C3CCCC3)CC2)c2ccccc2Cl)cc1. The number of hydrogen-bond acceptors (Lipinski definition) is 4. The van der Waals surface area contributed by atoms with Gasteiger partial charge in [0.1, 0.15) is 12.3 Å². The first-order chi connectivity index (χ1) is 16.5. The van der Waals surface area contributed by atoms with Crippen molar-refractivity contribution in [1.29, 1.82) is 0 Å². The van der Waals surface area contributed by atoms with E-state index in [9.17, 15) is 9.59 Å². The highest BCUT2D eigenvalue weighted by Crippen LogP contribution is 2.28. The number of benzene rings is 2. The van der Waals surface area contributed by atoms with E-state index in [1.165, 1.54) is 30.6 Å². The molecule has 7 heteroatoms. The number of rotatable bonds is 8. The average molecular weight is 484 g/mol. The fourth-order valence-corrected chi connectivity index (χ4v) is 5.31. The minimum atomic E-state index is -0.282. The maximum absolute atomic E-state index is 13.3. The molecule has 0 atom stereocenters. The first-order valence-corrected chi connectivity index (χ1v) is 12.6. The Balaban J connectivity index is 1.36. The van der Waals surface area contributed by atoms with Crippen molar-refractivity contribution in [3.05, 3.63) is 59.1 Å². The smallest absolute Gasteiger partial charge is 0.258 e. The second kappa shape index (κ2) is 11.7. The predicted octanol–water partition coefficient (Wildman–Crippen LogP) is 4.77. The maximum Gasteiger partial charge on any atom is 0.258 e. The van der Waals surface area contributed by atoms with Gasteiger partial charge in [0.25, 0.3) is 5.91 Å². The highest BCUT2D eigenvalue weighted by atomic mass is 35.5. The summed E-state index contributed by atoms with van der Waals surface area (Å²) < 4.78 is 5.19. The molecule has 1 saturated carbocycles. The monoisotopic (exact) mass is 483 g/mol. The molecule has 2 aromatic rings. The molecular formula is C27H34ClN3O3. The Kier molecular flexibility index (Phi) is 8.46. The minimum Gasteiger partial charge on any atom is -0.497 e. The second-order valence-electron chi connectivity index (χ2n) is 9.29. The molecule has 2 aromatic carbocycles. The van der Waals surface area contributed by atoms with Crippen molar-refractivity contribution >= 4 is 29.1 Å². The zero-order chi connectivity index (χ0) is 23.9. The molecule has 0 radical (unpaired) electrons. The molecule has 0 bridgehead atoms. The quantitative estimate of drug-likeness (QED) is 0.587. The third-order valence-electron chi connectivity index (χ3n) is 7.11. The lowest BCUT2D eigenvalue weighted by atomic mass is 9.95. The van der Waals surface area contributed by atoms with E-state index >= 15 is 0 Å². The van der Waals surface area contributed by atoms with E-state index in [0.29, 0.717) is 34.5 Å². The highest BCUT2D eigenvalue weighted by Gasteiger charge is 2.28. The van der Waals surface area contributed by atoms with E-state index < -0.39 is 0 Å². The Bertz CT molecular complexity index is 967. The molecule has 34 heavy (non-hydrogen) atoms. The van der Waals surface area contributed by atoms with Gasteiger partial charge in [-0.2, -0.15) is 0 Å². The van der Waals surface area contributed by atoms with Crippen molar-refractivity contribution < 1.29 is 14.3 Å². The number of carbonyl (C=O) groups excluding carboxylic acids is 2. The van der Waals surface area contributed by atoms with Gasteiger partial charge < -0.3 is 15.0 Å². The summed E-state index contributed by atoms with van der Waals surface area (Å²) in [6.07, 6.45) is 7.60. The topological polar surface area (TPSA) is 61.9 Å². The summed E-state index contributed by atoms with van der Waals surface area (Å²) in [5, 5.41) is 3.49. The highest BCUT2D eigenvalue weighted by molar-refractivity contribution is 6.34. The summed E-state index contributed by atoms with van der Waals surface area (Å²) in [5.74, 6) is 0.681. The molecule has 1 N–H and O–H groups in total. The number of carbonyl (C=O) groups is 2. The van der Waals surface area contributed by atoms with Crippen LogP contribution in [0.5, 0.6) is 5.75 Å². The van der Waals surface area contributed by atoms with Gasteiger partial charge in [0, 0.05) is 18.2 Å². The summed E-state index contributed by atoms with van der Waals surface area (Å²) in [6.45, 7) is 2.79. The molecule has 1 aliphatic carbocycles. The Morgan fingerprint density at radius 1 is 1.03 bits per heavy atom. The minimum absolute atomic E-state index is 0.0878. The Hall–Kier alpha value is -2.57. The lowest BCUT2D eigenvalue weighted by Crippen LogP contribution is -2.45. The molecule has 0 aromatic heterocycles. The van der Waals surface area contributed by atoms with Crippen LogP contribution in [-0.2, 0) is 4.79 Å². The second-order valence-corrected chi connectivity index (χ2v) is 9.70. The van der Waals surface area contributed by atoms with Crippen molar-refractivity contribution in [3.63, 3.8) is 0 Å². The first-order valence-electron chi connectivity index (χ1n) is 12.3. The Labute approximate surface area is 207 Å². The zero-order valence-electron chi connectivity index (χ0n) is 19.8. The van der Waals surface area contributed by atoms with Crippen LogP contribution in [0.3, 0.4) is 0 Å². The normalized spacial score (nSPS) is 17.5. The van der Waals surface area contributed by atoms with Gasteiger partial charge in [-0.3, -0.25) is 14.5 Å². The van der Waals surface area contributed by atoms with Crippen LogP contribution in [0.15, 0.2) is 48.5 Å². The van der Waals surface area contributed by atoms with Crippen molar-refractivity contribution in [2.45, 2.75) is 44.6 Å². The van der Waals surface area contributed by atoms with Gasteiger partial charge in [-0.05, 0) is 81.1 Å². The van der Waals surface area contributed by atoms with Gasteiger partial charge in [-0.1, -0.05) is 36.6 Å². The molecule has 0 spiro atoms. The van der Waals surface area contributed by atoms with Crippen LogP contribution in [0, 0.1) is 5.92 Å². The van der Waals surface area contributed by atoms with E-state index in [2.05, 4.69) is 10.2 Å². The average Bonchev–Trinajstić information content (AvgIpc) is 3.42. The molecule has 2 fully saturated rings. The van der Waals surface area contributed by atoms with Crippen molar-refractivity contribution in [2.24, 2.45) is 5.92 Å². The van der Waals surface area contributed by atoms with Crippen LogP contribution >= 0.6 is 11.6 Å². The lowest BCUT2D eigenvalue weighted by Gasteiger charge is -2.36. The number of nitrogens with one attached hydrogen (secondary N) is 1. The van der Waals surface area contributed by atoms with Crippen molar-refractivity contribution in [2.75, 3.05) is 38.2 Å². The van der Waals surface area contributed by atoms with Gasteiger partial charge in [-0.15, -0.1) is 0 Å². The van der Waals surface area contributed by atoms with E-state index in [-0.39, 0.29) is 18.4 Å². The lowest BCUT2D eigenvalue weighted by molar-refractivity contribution is -0.120. The van der Waals surface area contributed by atoms with E-state index in [0.717, 1.165) is 32.0 Å². The number of para-hydroxylation sites is 1. The number of methoxy groups -OCH3 is 1. The largest absolute Gasteiger partial charge is 0.497 e. The zero-order valence-corrected chi connectivity index (χ0v) is 20.6. The molecule has 2 aliphatic rings. The molecule has 1 heterocycles. The summed E-state index contributed by atoms with van der Waals surface area (Å²) in [7, 11) is 1.58.